The van der Waals surface area contributed by atoms with E-state index in [0.29, 0.717) is 18.3 Å². The van der Waals surface area contributed by atoms with Crippen LogP contribution < -0.4 is 10.6 Å². The van der Waals surface area contributed by atoms with Crippen molar-refractivity contribution >= 4 is 33.4 Å². The topological polar surface area (TPSA) is 75.6 Å². The first-order chi connectivity index (χ1) is 10.8. The van der Waals surface area contributed by atoms with Crippen LogP contribution in [-0.2, 0) is 6.54 Å². The number of rotatable bonds is 5. The Labute approximate surface area is 136 Å². The predicted octanol–water partition coefficient (Wildman–Crippen LogP) is 3.38. The third-order valence-corrected chi connectivity index (χ3v) is 3.57. The lowest BCUT2D eigenvalue weighted by molar-refractivity contribution is 0.964. The number of hydrogen-bond acceptors (Lipinski definition) is 6. The lowest BCUT2D eigenvalue weighted by Crippen LogP contribution is -2.06. The molecule has 0 saturated heterocycles. The smallest absolute Gasteiger partial charge is 0.249 e. The highest BCUT2D eigenvalue weighted by Crippen LogP contribution is 2.23. The Morgan fingerprint density at radius 2 is 1.95 bits per heavy atom. The van der Waals surface area contributed by atoms with Crippen LogP contribution in [0, 0.1) is 0 Å². The van der Waals surface area contributed by atoms with Crippen LogP contribution >= 0.6 is 15.9 Å². The largest absolute Gasteiger partial charge is 0.364 e. The van der Waals surface area contributed by atoms with Crippen LogP contribution in [0.25, 0.3) is 0 Å². The molecule has 0 aliphatic rings. The van der Waals surface area contributed by atoms with E-state index in [2.05, 4.69) is 46.7 Å². The Morgan fingerprint density at radius 1 is 1.05 bits per heavy atom. The molecule has 0 bridgehead atoms. The fraction of sp³-hybridized carbons (Fsp3) is 0.0667. The van der Waals surface area contributed by atoms with E-state index in [9.17, 15) is 0 Å². The molecule has 0 aliphatic carbocycles. The zero-order chi connectivity index (χ0) is 15.2. The molecular weight excluding hydrogens is 344 g/mol. The normalized spacial score (nSPS) is 10.2. The van der Waals surface area contributed by atoms with Gasteiger partial charge in [-0.15, -0.1) is 5.10 Å². The standard InChI is InChI=1S/C15H13BrN6/c16-12-5-1-2-6-13(12)20-15-21-14(10-19-22-15)18-9-11-4-3-7-17-8-11/h1-8,10H,9H2,(H2,18,20,21,22). The molecule has 3 rings (SSSR count). The van der Waals surface area contributed by atoms with Gasteiger partial charge in [-0.25, -0.2) is 0 Å². The lowest BCUT2D eigenvalue weighted by Gasteiger charge is -2.08. The number of benzene rings is 1. The summed E-state index contributed by atoms with van der Waals surface area (Å²) in [6.07, 6.45) is 5.14. The fourth-order valence-corrected chi connectivity index (χ4v) is 2.20. The summed E-state index contributed by atoms with van der Waals surface area (Å²) in [6.45, 7) is 0.626. The van der Waals surface area contributed by atoms with Crippen LogP contribution in [0.5, 0.6) is 0 Å². The molecule has 0 spiro atoms. The van der Waals surface area contributed by atoms with Gasteiger partial charge in [0.2, 0.25) is 5.95 Å². The van der Waals surface area contributed by atoms with Crippen molar-refractivity contribution < 1.29 is 0 Å². The number of pyridine rings is 1. The van der Waals surface area contributed by atoms with Crippen LogP contribution in [0.15, 0.2) is 59.5 Å². The molecule has 0 unspecified atom stereocenters. The van der Waals surface area contributed by atoms with E-state index in [1.807, 2.05) is 42.6 Å². The minimum Gasteiger partial charge on any atom is -0.364 e. The molecule has 0 amide bonds. The fourth-order valence-electron chi connectivity index (χ4n) is 1.82. The predicted molar refractivity (Wildman–Crippen MR) is 88.8 cm³/mol. The van der Waals surface area contributed by atoms with Gasteiger partial charge in [0.05, 0.1) is 11.9 Å². The van der Waals surface area contributed by atoms with Gasteiger partial charge in [0, 0.05) is 23.4 Å². The van der Waals surface area contributed by atoms with Crippen molar-refractivity contribution in [1.82, 2.24) is 20.2 Å². The van der Waals surface area contributed by atoms with Crippen molar-refractivity contribution in [2.45, 2.75) is 6.54 Å². The second-order valence-corrected chi connectivity index (χ2v) is 5.34. The SMILES string of the molecule is Brc1ccccc1Nc1nncc(NCc2cccnc2)n1. The van der Waals surface area contributed by atoms with Crippen LogP contribution in [0.2, 0.25) is 0 Å². The van der Waals surface area contributed by atoms with E-state index in [-0.39, 0.29) is 0 Å². The number of hydrogen-bond donors (Lipinski definition) is 2. The van der Waals surface area contributed by atoms with Gasteiger partial charge in [0.15, 0.2) is 5.82 Å². The molecule has 0 aliphatic heterocycles. The maximum absolute atomic E-state index is 4.39. The second kappa shape index (κ2) is 6.95. The molecule has 0 atom stereocenters. The quantitative estimate of drug-likeness (QED) is 0.729. The molecule has 0 saturated carbocycles. The molecule has 7 heteroatoms. The van der Waals surface area contributed by atoms with E-state index in [0.717, 1.165) is 15.7 Å². The van der Waals surface area contributed by atoms with E-state index < -0.39 is 0 Å². The van der Waals surface area contributed by atoms with Crippen molar-refractivity contribution in [3.8, 4) is 0 Å². The Kier molecular flexibility index (Phi) is 4.55. The first-order valence-corrected chi connectivity index (χ1v) is 7.44. The Balaban J connectivity index is 1.69. The first kappa shape index (κ1) is 14.4. The van der Waals surface area contributed by atoms with Gasteiger partial charge in [-0.1, -0.05) is 18.2 Å². The minimum absolute atomic E-state index is 0.433. The van der Waals surface area contributed by atoms with Crippen LogP contribution in [0.1, 0.15) is 5.56 Å². The summed E-state index contributed by atoms with van der Waals surface area (Å²) in [5.74, 6) is 1.08. The Bertz CT molecular complexity index is 750. The molecule has 2 N–H and O–H groups in total. The molecule has 0 radical (unpaired) electrons. The van der Waals surface area contributed by atoms with Crippen molar-refractivity contribution in [2.24, 2.45) is 0 Å². The van der Waals surface area contributed by atoms with E-state index in [1.165, 1.54) is 0 Å². The third kappa shape index (κ3) is 3.76. The van der Waals surface area contributed by atoms with Crippen LogP contribution in [0.3, 0.4) is 0 Å². The number of halogens is 1. The number of anilines is 3. The van der Waals surface area contributed by atoms with Crippen LogP contribution in [-0.4, -0.2) is 20.2 Å². The molecule has 2 aromatic heterocycles. The summed E-state index contributed by atoms with van der Waals surface area (Å²) in [6, 6.07) is 11.7. The molecule has 1 aromatic carbocycles. The molecule has 22 heavy (non-hydrogen) atoms. The maximum Gasteiger partial charge on any atom is 0.249 e. The van der Waals surface area contributed by atoms with Crippen molar-refractivity contribution in [1.29, 1.82) is 0 Å². The monoisotopic (exact) mass is 356 g/mol. The van der Waals surface area contributed by atoms with Gasteiger partial charge in [0.1, 0.15) is 0 Å². The van der Waals surface area contributed by atoms with Gasteiger partial charge in [-0.3, -0.25) is 4.98 Å². The minimum atomic E-state index is 0.433. The van der Waals surface area contributed by atoms with E-state index in [4.69, 9.17) is 0 Å². The second-order valence-electron chi connectivity index (χ2n) is 4.48. The summed E-state index contributed by atoms with van der Waals surface area (Å²) < 4.78 is 0.937. The molecular formula is C15H13BrN6. The zero-order valence-electron chi connectivity index (χ0n) is 11.6. The van der Waals surface area contributed by atoms with Gasteiger partial charge in [-0.2, -0.15) is 10.1 Å². The van der Waals surface area contributed by atoms with E-state index in [1.54, 1.807) is 12.4 Å². The molecule has 110 valence electrons. The Morgan fingerprint density at radius 3 is 2.77 bits per heavy atom. The highest BCUT2D eigenvalue weighted by atomic mass is 79.9. The third-order valence-electron chi connectivity index (χ3n) is 2.88. The Hall–Kier alpha value is -2.54. The maximum atomic E-state index is 4.39. The lowest BCUT2D eigenvalue weighted by atomic mass is 10.3. The summed E-state index contributed by atoms with van der Waals surface area (Å²) in [4.78, 5) is 8.46. The highest BCUT2D eigenvalue weighted by molar-refractivity contribution is 9.10. The van der Waals surface area contributed by atoms with Gasteiger partial charge in [0.25, 0.3) is 0 Å². The van der Waals surface area contributed by atoms with Crippen molar-refractivity contribution in [3.05, 3.63) is 65.0 Å². The first-order valence-electron chi connectivity index (χ1n) is 6.65. The molecule has 3 aromatic rings. The zero-order valence-corrected chi connectivity index (χ0v) is 13.2. The van der Waals surface area contributed by atoms with Crippen LogP contribution in [0.4, 0.5) is 17.5 Å². The number of aromatic nitrogens is 4. The average Bonchev–Trinajstić information content (AvgIpc) is 2.57. The van der Waals surface area contributed by atoms with Crippen molar-refractivity contribution in [3.63, 3.8) is 0 Å². The number of nitrogens with one attached hydrogen (secondary N) is 2. The average molecular weight is 357 g/mol. The van der Waals surface area contributed by atoms with E-state index >= 15 is 0 Å². The highest BCUT2D eigenvalue weighted by Gasteiger charge is 2.03. The number of nitrogens with zero attached hydrogens (tertiary/aromatic N) is 4. The molecule has 2 heterocycles. The summed E-state index contributed by atoms with van der Waals surface area (Å²) in [5, 5.41) is 14.3. The molecule has 6 nitrogen and oxygen atoms in total. The number of para-hydroxylation sites is 1. The van der Waals surface area contributed by atoms with Gasteiger partial charge in [-0.05, 0) is 39.7 Å². The van der Waals surface area contributed by atoms with Gasteiger partial charge < -0.3 is 10.6 Å². The molecule has 0 fully saturated rings. The van der Waals surface area contributed by atoms with Gasteiger partial charge >= 0.3 is 0 Å². The summed E-state index contributed by atoms with van der Waals surface area (Å²) in [7, 11) is 0. The summed E-state index contributed by atoms with van der Waals surface area (Å²) in [5.41, 5.74) is 1.95. The summed E-state index contributed by atoms with van der Waals surface area (Å²) >= 11 is 3.47. The van der Waals surface area contributed by atoms with Crippen molar-refractivity contribution in [2.75, 3.05) is 10.6 Å².